The highest BCUT2D eigenvalue weighted by molar-refractivity contribution is 5.86. The lowest BCUT2D eigenvalue weighted by atomic mass is 9.88. The number of carbonyl (C=O) groups is 1. The Morgan fingerprint density at radius 2 is 2.00 bits per heavy atom. The second-order valence-electron chi connectivity index (χ2n) is 6.06. The molecule has 1 aromatic carbocycles. The molecule has 0 aliphatic carbocycles. The normalized spacial score (nSPS) is 20.0. The summed E-state index contributed by atoms with van der Waals surface area (Å²) in [5, 5.41) is 0. The van der Waals surface area contributed by atoms with Crippen molar-refractivity contribution in [3.8, 4) is 0 Å². The minimum Gasteiger partial charge on any atom is -0.476 e. The van der Waals surface area contributed by atoms with E-state index in [1.165, 1.54) is 6.92 Å². The number of rotatable bonds is 3. The number of hydrogen-bond donors (Lipinski definition) is 0. The Balaban J connectivity index is 2.27. The first-order chi connectivity index (χ1) is 9.38. The predicted octanol–water partition coefficient (Wildman–Crippen LogP) is 3.13. The van der Waals surface area contributed by atoms with E-state index >= 15 is 0 Å². The Kier molecular flexibility index (Phi) is 4.12. The molecular formula is C16H21NO3. The van der Waals surface area contributed by atoms with Gasteiger partial charge in [-0.15, -0.1) is 0 Å². The Bertz CT molecular complexity index is 502. The lowest BCUT2D eigenvalue weighted by molar-refractivity contribution is -0.144. The van der Waals surface area contributed by atoms with Gasteiger partial charge in [0.25, 0.3) is 0 Å². The number of hydrogen-bond acceptors (Lipinski definition) is 4. The zero-order chi connectivity index (χ0) is 14.8. The Morgan fingerprint density at radius 1 is 1.35 bits per heavy atom. The van der Waals surface area contributed by atoms with Crippen LogP contribution in [0.4, 0.5) is 0 Å². The minimum atomic E-state index is -0.555. The number of ether oxygens (including phenoxy) is 2. The highest BCUT2D eigenvalue weighted by Crippen LogP contribution is 2.30. The maximum absolute atomic E-state index is 11.3. The van der Waals surface area contributed by atoms with Crippen molar-refractivity contribution in [3.63, 3.8) is 0 Å². The first-order valence-corrected chi connectivity index (χ1v) is 6.80. The van der Waals surface area contributed by atoms with Crippen LogP contribution in [0.3, 0.4) is 0 Å². The highest BCUT2D eigenvalue weighted by Gasteiger charge is 2.34. The van der Waals surface area contributed by atoms with Gasteiger partial charge in [-0.3, -0.25) is 4.79 Å². The summed E-state index contributed by atoms with van der Waals surface area (Å²) in [5.74, 6) is 0.149. The van der Waals surface area contributed by atoms with Gasteiger partial charge in [-0.2, -0.15) is 0 Å². The number of aliphatic imine (C=N–C) groups is 1. The fourth-order valence-electron chi connectivity index (χ4n) is 2.03. The average molecular weight is 275 g/mol. The molecule has 1 aliphatic heterocycles. The molecule has 0 radical (unpaired) electrons. The van der Waals surface area contributed by atoms with E-state index in [0.29, 0.717) is 12.5 Å². The van der Waals surface area contributed by atoms with Crippen LogP contribution in [0.1, 0.15) is 39.4 Å². The van der Waals surface area contributed by atoms with Gasteiger partial charge in [0.2, 0.25) is 12.0 Å². The third kappa shape index (κ3) is 3.38. The molecule has 2 atom stereocenters. The minimum absolute atomic E-state index is 0.0270. The van der Waals surface area contributed by atoms with Crippen LogP contribution < -0.4 is 0 Å². The van der Waals surface area contributed by atoms with Crippen LogP contribution >= 0.6 is 0 Å². The molecule has 4 heteroatoms. The summed E-state index contributed by atoms with van der Waals surface area (Å²) in [7, 11) is 0. The molecule has 1 heterocycles. The molecule has 0 bridgehead atoms. The van der Waals surface area contributed by atoms with E-state index in [2.05, 4.69) is 25.8 Å². The smallest absolute Gasteiger partial charge is 0.303 e. The molecule has 0 saturated carbocycles. The monoisotopic (exact) mass is 275 g/mol. The molecule has 4 nitrogen and oxygen atoms in total. The summed E-state index contributed by atoms with van der Waals surface area (Å²) in [6.45, 7) is 8.29. The van der Waals surface area contributed by atoms with Crippen molar-refractivity contribution in [1.29, 1.82) is 0 Å². The molecule has 0 amide bonds. The number of esters is 1. The van der Waals surface area contributed by atoms with Crippen LogP contribution in [0.2, 0.25) is 0 Å². The van der Waals surface area contributed by atoms with E-state index in [-0.39, 0.29) is 17.4 Å². The van der Waals surface area contributed by atoms with Gasteiger partial charge in [0.15, 0.2) is 0 Å². The zero-order valence-electron chi connectivity index (χ0n) is 12.4. The summed E-state index contributed by atoms with van der Waals surface area (Å²) in [6, 6.07) is 9.63. The molecule has 20 heavy (non-hydrogen) atoms. The van der Waals surface area contributed by atoms with Crippen LogP contribution in [-0.2, 0) is 14.3 Å². The maximum Gasteiger partial charge on any atom is 0.303 e. The van der Waals surface area contributed by atoms with Crippen LogP contribution in [0, 0.1) is 5.41 Å². The summed E-state index contributed by atoms with van der Waals surface area (Å²) in [5.41, 5.74) is 0.898. The quantitative estimate of drug-likeness (QED) is 0.796. The molecule has 1 aromatic rings. The van der Waals surface area contributed by atoms with Gasteiger partial charge in [-0.25, -0.2) is 4.99 Å². The Labute approximate surface area is 119 Å². The third-order valence-corrected chi connectivity index (χ3v) is 3.28. The van der Waals surface area contributed by atoms with Crippen LogP contribution in [-0.4, -0.2) is 24.5 Å². The fraction of sp³-hybridized carbons (Fsp3) is 0.500. The van der Waals surface area contributed by atoms with Crippen molar-refractivity contribution in [2.45, 2.75) is 39.8 Å². The maximum atomic E-state index is 11.3. The second kappa shape index (κ2) is 5.65. The summed E-state index contributed by atoms with van der Waals surface area (Å²) >= 11 is 0. The highest BCUT2D eigenvalue weighted by atomic mass is 16.6. The van der Waals surface area contributed by atoms with E-state index in [9.17, 15) is 4.79 Å². The van der Waals surface area contributed by atoms with Gasteiger partial charge < -0.3 is 9.47 Å². The summed E-state index contributed by atoms with van der Waals surface area (Å²) in [4.78, 5) is 15.9. The van der Waals surface area contributed by atoms with E-state index in [1.54, 1.807) is 0 Å². The summed E-state index contributed by atoms with van der Waals surface area (Å²) < 4.78 is 11.1. The second-order valence-corrected chi connectivity index (χ2v) is 6.06. The molecule has 0 fully saturated rings. The number of benzene rings is 1. The largest absolute Gasteiger partial charge is 0.476 e. The van der Waals surface area contributed by atoms with Gasteiger partial charge in [0, 0.05) is 12.5 Å². The van der Waals surface area contributed by atoms with Gasteiger partial charge in [0.1, 0.15) is 6.61 Å². The van der Waals surface area contributed by atoms with Crippen molar-refractivity contribution in [2.24, 2.45) is 10.4 Å². The molecule has 0 aromatic heterocycles. The number of nitrogens with zero attached hydrogens (tertiary/aromatic N) is 1. The standard InChI is InChI=1S/C16H21NO3/c1-11(18)20-14(12-8-6-5-7-9-12)15-17-13(10-19-15)16(2,3)4/h5-9,13-14H,10H2,1-4H3/t13-,14-/m1/s1. The van der Waals surface area contributed by atoms with Crippen molar-refractivity contribution < 1.29 is 14.3 Å². The molecule has 0 saturated heterocycles. The van der Waals surface area contributed by atoms with Crippen molar-refractivity contribution in [2.75, 3.05) is 6.61 Å². The number of carbonyl (C=O) groups excluding carboxylic acids is 1. The van der Waals surface area contributed by atoms with Gasteiger partial charge in [-0.05, 0) is 5.41 Å². The lowest BCUT2D eigenvalue weighted by Crippen LogP contribution is -2.25. The van der Waals surface area contributed by atoms with Crippen LogP contribution in [0.25, 0.3) is 0 Å². The average Bonchev–Trinajstić information content (AvgIpc) is 2.86. The molecule has 0 N–H and O–H groups in total. The third-order valence-electron chi connectivity index (χ3n) is 3.28. The van der Waals surface area contributed by atoms with E-state index in [1.807, 2.05) is 30.3 Å². The van der Waals surface area contributed by atoms with Gasteiger partial charge in [-0.1, -0.05) is 51.1 Å². The molecule has 2 rings (SSSR count). The molecule has 1 aliphatic rings. The van der Waals surface area contributed by atoms with Gasteiger partial charge in [0.05, 0.1) is 6.04 Å². The first-order valence-electron chi connectivity index (χ1n) is 6.80. The predicted molar refractivity (Wildman–Crippen MR) is 77.6 cm³/mol. The zero-order valence-corrected chi connectivity index (χ0v) is 12.4. The Hall–Kier alpha value is -1.84. The topological polar surface area (TPSA) is 47.9 Å². The molecule has 0 unspecified atom stereocenters. The first kappa shape index (κ1) is 14.6. The van der Waals surface area contributed by atoms with E-state index in [4.69, 9.17) is 9.47 Å². The molecule has 0 spiro atoms. The molecular weight excluding hydrogens is 254 g/mol. The van der Waals surface area contributed by atoms with Crippen LogP contribution in [0.15, 0.2) is 35.3 Å². The van der Waals surface area contributed by atoms with Crippen LogP contribution in [0.5, 0.6) is 0 Å². The van der Waals surface area contributed by atoms with Crippen molar-refractivity contribution >= 4 is 11.9 Å². The Morgan fingerprint density at radius 3 is 2.50 bits per heavy atom. The van der Waals surface area contributed by atoms with Gasteiger partial charge >= 0.3 is 5.97 Å². The van der Waals surface area contributed by atoms with E-state index < -0.39 is 6.10 Å². The lowest BCUT2D eigenvalue weighted by Gasteiger charge is -2.21. The molecule has 108 valence electrons. The summed E-state index contributed by atoms with van der Waals surface area (Å²) in [6.07, 6.45) is -0.555. The van der Waals surface area contributed by atoms with Crippen molar-refractivity contribution in [1.82, 2.24) is 0 Å². The SMILES string of the molecule is CC(=O)O[C@@H](C1=N[C@@H](C(C)(C)C)CO1)c1ccccc1. The van der Waals surface area contributed by atoms with E-state index in [0.717, 1.165) is 5.56 Å². The fourth-order valence-corrected chi connectivity index (χ4v) is 2.03. The van der Waals surface area contributed by atoms with Crippen molar-refractivity contribution in [3.05, 3.63) is 35.9 Å².